The topological polar surface area (TPSA) is 106 Å². The SMILES string of the molecule is CCCCCC(=O)N1c2ccccc2NC2=C(C(=O)C[C@H](c3cccc([N+](=O)[O-])c3)C2)[C@@H]1c1ccco1. The van der Waals surface area contributed by atoms with E-state index in [0.717, 1.165) is 30.5 Å². The van der Waals surface area contributed by atoms with Crippen molar-refractivity contribution in [2.24, 2.45) is 0 Å². The lowest BCUT2D eigenvalue weighted by Gasteiger charge is -2.33. The number of furan rings is 1. The maximum atomic E-state index is 13.9. The Labute approximate surface area is 215 Å². The van der Waals surface area contributed by atoms with Crippen molar-refractivity contribution in [3.8, 4) is 0 Å². The average molecular weight is 500 g/mol. The highest BCUT2D eigenvalue weighted by molar-refractivity contribution is 6.06. The number of Topliss-reactive ketones (excluding diaryl/α,β-unsaturated/α-hetero) is 1. The van der Waals surface area contributed by atoms with Gasteiger partial charge >= 0.3 is 0 Å². The second kappa shape index (κ2) is 10.4. The number of hydrogen-bond donors (Lipinski definition) is 1. The molecule has 1 amide bonds. The fraction of sp³-hybridized carbons (Fsp3) is 0.310. The normalized spacial score (nSPS) is 19.1. The van der Waals surface area contributed by atoms with Gasteiger partial charge in [0.05, 0.1) is 22.6 Å². The van der Waals surface area contributed by atoms with Crippen molar-refractivity contribution in [3.63, 3.8) is 0 Å². The Morgan fingerprint density at radius 3 is 2.70 bits per heavy atom. The van der Waals surface area contributed by atoms with Gasteiger partial charge in [0, 0.05) is 36.2 Å². The van der Waals surface area contributed by atoms with E-state index < -0.39 is 11.0 Å². The summed E-state index contributed by atoms with van der Waals surface area (Å²) in [7, 11) is 0. The summed E-state index contributed by atoms with van der Waals surface area (Å²) in [6.45, 7) is 2.09. The second-order valence-corrected chi connectivity index (χ2v) is 9.55. The number of carbonyl (C=O) groups excluding carboxylic acids is 2. The average Bonchev–Trinajstić information content (AvgIpc) is 3.38. The van der Waals surface area contributed by atoms with Crippen LogP contribution in [0.5, 0.6) is 0 Å². The van der Waals surface area contributed by atoms with E-state index in [4.69, 9.17) is 4.42 Å². The number of nitro groups is 1. The lowest BCUT2D eigenvalue weighted by molar-refractivity contribution is -0.384. The minimum absolute atomic E-state index is 0.00112. The van der Waals surface area contributed by atoms with E-state index >= 15 is 0 Å². The van der Waals surface area contributed by atoms with E-state index in [1.54, 1.807) is 35.4 Å². The minimum Gasteiger partial charge on any atom is -0.467 e. The molecule has 0 saturated carbocycles. The molecule has 1 aliphatic heterocycles. The number of unbranched alkanes of at least 4 members (excludes halogenated alkanes) is 2. The Hall–Kier alpha value is -4.20. The number of rotatable bonds is 7. The van der Waals surface area contributed by atoms with Crippen LogP contribution in [0.1, 0.15) is 68.7 Å². The summed E-state index contributed by atoms with van der Waals surface area (Å²) in [6.07, 6.45) is 5.30. The molecule has 3 aromatic rings. The predicted octanol–water partition coefficient (Wildman–Crippen LogP) is 6.67. The van der Waals surface area contributed by atoms with Crippen LogP contribution < -0.4 is 10.2 Å². The van der Waals surface area contributed by atoms with Gasteiger partial charge in [0.1, 0.15) is 11.8 Å². The summed E-state index contributed by atoms with van der Waals surface area (Å²) < 4.78 is 5.82. The number of nitrogens with one attached hydrogen (secondary N) is 1. The molecule has 0 radical (unpaired) electrons. The summed E-state index contributed by atoms with van der Waals surface area (Å²) in [6, 6.07) is 16.9. The Morgan fingerprint density at radius 2 is 1.95 bits per heavy atom. The number of ketones is 1. The van der Waals surface area contributed by atoms with Gasteiger partial charge in [-0.2, -0.15) is 0 Å². The molecule has 2 aromatic carbocycles. The Bertz CT molecular complexity index is 1360. The van der Waals surface area contributed by atoms with Crippen LogP contribution in [0.15, 0.2) is 82.6 Å². The Kier molecular flexibility index (Phi) is 6.90. The standard InChI is InChI=1S/C29H29N3O5/c1-2-3-4-14-27(34)31-24-12-6-5-11-22(24)30-23-17-20(19-9-7-10-21(16-19)32(35)36)18-25(33)28(23)29(31)26-13-8-15-37-26/h5-13,15-16,20,29-30H,2-4,14,17-18H2,1H3/t20-,29+/m1/s1. The summed E-state index contributed by atoms with van der Waals surface area (Å²) in [5.74, 6) is 0.129. The van der Waals surface area contributed by atoms with Gasteiger partial charge in [-0.25, -0.2) is 0 Å². The minimum atomic E-state index is -0.700. The lowest BCUT2D eigenvalue weighted by atomic mass is 9.79. The summed E-state index contributed by atoms with van der Waals surface area (Å²) in [5, 5.41) is 14.8. The van der Waals surface area contributed by atoms with Crippen molar-refractivity contribution in [3.05, 3.63) is 99.6 Å². The highest BCUT2D eigenvalue weighted by Gasteiger charge is 2.42. The molecule has 0 fully saturated rings. The molecule has 190 valence electrons. The van der Waals surface area contributed by atoms with E-state index in [0.29, 0.717) is 35.6 Å². The van der Waals surface area contributed by atoms with Crippen LogP contribution in [0.4, 0.5) is 17.1 Å². The van der Waals surface area contributed by atoms with Crippen LogP contribution in [-0.4, -0.2) is 16.6 Å². The highest BCUT2D eigenvalue weighted by atomic mass is 16.6. The van der Waals surface area contributed by atoms with Gasteiger partial charge in [-0.05, 0) is 48.6 Å². The van der Waals surface area contributed by atoms with Crippen molar-refractivity contribution in [2.45, 2.75) is 57.4 Å². The number of allylic oxidation sites excluding steroid dienone is 1. The number of anilines is 2. The van der Waals surface area contributed by atoms with Crippen molar-refractivity contribution in [1.29, 1.82) is 0 Å². The molecular weight excluding hydrogens is 470 g/mol. The van der Waals surface area contributed by atoms with Crippen LogP contribution in [0.2, 0.25) is 0 Å². The lowest BCUT2D eigenvalue weighted by Crippen LogP contribution is -2.38. The molecule has 37 heavy (non-hydrogen) atoms. The van der Waals surface area contributed by atoms with E-state index in [2.05, 4.69) is 12.2 Å². The zero-order chi connectivity index (χ0) is 25.9. The van der Waals surface area contributed by atoms with Crippen LogP contribution in [0.3, 0.4) is 0 Å². The fourth-order valence-electron chi connectivity index (χ4n) is 5.36. The van der Waals surface area contributed by atoms with E-state index in [9.17, 15) is 19.7 Å². The first-order valence-corrected chi connectivity index (χ1v) is 12.7. The number of hydrogen-bond acceptors (Lipinski definition) is 6. The molecule has 2 aliphatic rings. The summed E-state index contributed by atoms with van der Waals surface area (Å²) in [4.78, 5) is 40.2. The van der Waals surface area contributed by atoms with Crippen molar-refractivity contribution < 1.29 is 18.9 Å². The Balaban J connectivity index is 1.62. The van der Waals surface area contributed by atoms with Gasteiger partial charge in [0.2, 0.25) is 5.91 Å². The molecular formula is C29H29N3O5. The van der Waals surface area contributed by atoms with E-state index in [1.807, 2.05) is 30.3 Å². The molecule has 0 spiro atoms. The number of benzene rings is 2. The third-order valence-electron chi connectivity index (χ3n) is 7.12. The summed E-state index contributed by atoms with van der Waals surface area (Å²) in [5.41, 5.74) is 3.40. The number of fused-ring (bicyclic) bond motifs is 1. The number of amides is 1. The van der Waals surface area contributed by atoms with Crippen molar-refractivity contribution in [2.75, 3.05) is 10.2 Å². The number of nitro benzene ring substituents is 1. The third-order valence-corrected chi connectivity index (χ3v) is 7.12. The summed E-state index contributed by atoms with van der Waals surface area (Å²) >= 11 is 0. The van der Waals surface area contributed by atoms with Gasteiger partial charge in [0.25, 0.3) is 5.69 Å². The van der Waals surface area contributed by atoms with Crippen LogP contribution in [-0.2, 0) is 9.59 Å². The smallest absolute Gasteiger partial charge is 0.269 e. The van der Waals surface area contributed by atoms with Gasteiger partial charge in [-0.1, -0.05) is 44.0 Å². The molecule has 1 N–H and O–H groups in total. The first-order chi connectivity index (χ1) is 18.0. The largest absolute Gasteiger partial charge is 0.467 e. The molecule has 8 heteroatoms. The molecule has 2 atom stereocenters. The zero-order valence-corrected chi connectivity index (χ0v) is 20.7. The van der Waals surface area contributed by atoms with Gasteiger partial charge < -0.3 is 9.73 Å². The maximum Gasteiger partial charge on any atom is 0.269 e. The molecule has 5 rings (SSSR count). The Morgan fingerprint density at radius 1 is 1.11 bits per heavy atom. The fourth-order valence-corrected chi connectivity index (χ4v) is 5.36. The van der Waals surface area contributed by atoms with E-state index in [-0.39, 0.29) is 29.7 Å². The molecule has 0 saturated heterocycles. The quantitative estimate of drug-likeness (QED) is 0.221. The van der Waals surface area contributed by atoms with Crippen LogP contribution in [0.25, 0.3) is 0 Å². The van der Waals surface area contributed by atoms with Crippen LogP contribution >= 0.6 is 0 Å². The number of nitrogens with zero attached hydrogens (tertiary/aromatic N) is 2. The van der Waals surface area contributed by atoms with E-state index in [1.165, 1.54) is 6.07 Å². The van der Waals surface area contributed by atoms with Gasteiger partial charge in [-0.3, -0.25) is 24.6 Å². The van der Waals surface area contributed by atoms with Crippen molar-refractivity contribution in [1.82, 2.24) is 0 Å². The van der Waals surface area contributed by atoms with Crippen LogP contribution in [0, 0.1) is 10.1 Å². The molecule has 0 unspecified atom stereocenters. The van der Waals surface area contributed by atoms with Gasteiger partial charge in [0.15, 0.2) is 5.78 Å². The molecule has 0 bridgehead atoms. The second-order valence-electron chi connectivity index (χ2n) is 9.55. The molecule has 2 heterocycles. The number of carbonyl (C=O) groups is 2. The first kappa shape index (κ1) is 24.5. The van der Waals surface area contributed by atoms with Gasteiger partial charge in [-0.15, -0.1) is 0 Å². The number of non-ortho nitro benzene ring substituents is 1. The number of para-hydroxylation sites is 2. The first-order valence-electron chi connectivity index (χ1n) is 12.7. The molecule has 1 aliphatic carbocycles. The maximum absolute atomic E-state index is 13.9. The predicted molar refractivity (Wildman–Crippen MR) is 140 cm³/mol. The third kappa shape index (κ3) is 4.79. The highest BCUT2D eigenvalue weighted by Crippen LogP contribution is 2.47. The molecule has 1 aromatic heterocycles. The zero-order valence-electron chi connectivity index (χ0n) is 20.7. The molecule has 8 nitrogen and oxygen atoms in total. The monoisotopic (exact) mass is 499 g/mol. The van der Waals surface area contributed by atoms with Crippen molar-refractivity contribution >= 4 is 28.8 Å².